The van der Waals surface area contributed by atoms with Crippen LogP contribution in [-0.4, -0.2) is 41.4 Å². The van der Waals surface area contributed by atoms with Crippen molar-refractivity contribution in [1.82, 2.24) is 5.32 Å². The summed E-state index contributed by atoms with van der Waals surface area (Å²) in [7, 11) is 0. The van der Waals surface area contributed by atoms with Gasteiger partial charge in [0.2, 0.25) is 5.91 Å². The van der Waals surface area contributed by atoms with Gasteiger partial charge in [0.1, 0.15) is 5.88 Å². The molecule has 1 atom stereocenters. The Morgan fingerprint density at radius 1 is 1.44 bits per heavy atom. The molecule has 1 unspecified atom stereocenters. The highest BCUT2D eigenvalue weighted by molar-refractivity contribution is 6.27. The van der Waals surface area contributed by atoms with Crippen LogP contribution >= 0.6 is 11.6 Å². The molecule has 0 spiro atoms. The highest BCUT2D eigenvalue weighted by Crippen LogP contribution is 2.29. The van der Waals surface area contributed by atoms with E-state index in [2.05, 4.69) is 4.74 Å². The number of esters is 1. The van der Waals surface area contributed by atoms with E-state index in [1.54, 1.807) is 0 Å². The summed E-state index contributed by atoms with van der Waals surface area (Å²) in [6.45, 7) is 0.867. The second kappa shape index (κ2) is 5.35. The molecule has 5 nitrogen and oxygen atoms in total. The maximum absolute atomic E-state index is 12.4. The zero-order valence-corrected chi connectivity index (χ0v) is 8.85. The fraction of sp³-hybridized carbons (Fsp3) is 0.714. The van der Waals surface area contributed by atoms with Crippen LogP contribution < -0.4 is 5.32 Å². The van der Waals surface area contributed by atoms with Crippen LogP contribution in [-0.2, 0) is 14.3 Å². The molecule has 94 valence electrons. The topological polar surface area (TPSA) is 75.6 Å². The quantitative estimate of drug-likeness (QED) is 0.430. The smallest absolute Gasteiger partial charge is 0.448 e. The molecule has 0 fully saturated rings. The average Bonchev–Trinajstić information content (AvgIpc) is 2.16. The first kappa shape index (κ1) is 15.0. The zero-order valence-electron chi connectivity index (χ0n) is 8.10. The summed E-state index contributed by atoms with van der Waals surface area (Å²) >= 11 is 4.95. The molecule has 16 heavy (non-hydrogen) atoms. The van der Waals surface area contributed by atoms with Crippen molar-refractivity contribution in [2.45, 2.75) is 18.8 Å². The average molecular weight is 264 g/mol. The van der Waals surface area contributed by atoms with Crippen LogP contribution in [0.2, 0.25) is 0 Å². The van der Waals surface area contributed by atoms with Crippen molar-refractivity contribution >= 4 is 23.5 Å². The van der Waals surface area contributed by atoms with Crippen molar-refractivity contribution in [3.63, 3.8) is 0 Å². The first-order valence-electron chi connectivity index (χ1n) is 4.02. The minimum Gasteiger partial charge on any atom is -0.462 e. The van der Waals surface area contributed by atoms with Gasteiger partial charge in [0, 0.05) is 0 Å². The number of carbonyl (C=O) groups is 2. The first-order chi connectivity index (χ1) is 7.19. The van der Waals surface area contributed by atoms with Gasteiger partial charge in [-0.2, -0.15) is 13.2 Å². The van der Waals surface area contributed by atoms with E-state index in [-0.39, 0.29) is 6.61 Å². The molecule has 0 aliphatic carbocycles. The number of nitrogens with one attached hydrogen (secondary N) is 1. The predicted molar refractivity (Wildman–Crippen MR) is 46.5 cm³/mol. The summed E-state index contributed by atoms with van der Waals surface area (Å²) in [6, 6.07) is 0. The van der Waals surface area contributed by atoms with Gasteiger partial charge >= 0.3 is 17.9 Å². The summed E-state index contributed by atoms with van der Waals surface area (Å²) in [4.78, 5) is 21.6. The maximum atomic E-state index is 12.4. The zero-order chi connectivity index (χ0) is 13.0. The summed E-state index contributed by atoms with van der Waals surface area (Å²) in [5, 5.41) is 10.1. The molecule has 0 aromatic rings. The largest absolute Gasteiger partial charge is 0.462 e. The summed E-state index contributed by atoms with van der Waals surface area (Å²) in [5.41, 5.74) is -4.07. The molecule has 0 bridgehead atoms. The van der Waals surface area contributed by atoms with E-state index in [0.717, 1.165) is 5.32 Å². The number of ether oxygens (including phenoxy) is 1. The lowest BCUT2D eigenvalue weighted by Gasteiger charge is -2.28. The second-order valence-corrected chi connectivity index (χ2v) is 2.88. The van der Waals surface area contributed by atoms with E-state index in [1.807, 2.05) is 0 Å². The Morgan fingerprint density at radius 3 is 2.25 bits per heavy atom. The van der Waals surface area contributed by atoms with Gasteiger partial charge in [-0.05, 0) is 6.92 Å². The third-order valence-corrected chi connectivity index (χ3v) is 1.67. The molecule has 1 amide bonds. The Bertz CT molecular complexity index is 283. The normalized spacial score (nSPS) is 15.1. The van der Waals surface area contributed by atoms with Crippen LogP contribution in [0.5, 0.6) is 0 Å². The molecule has 9 heteroatoms. The van der Waals surface area contributed by atoms with Crippen LogP contribution in [0.4, 0.5) is 13.2 Å². The van der Waals surface area contributed by atoms with Gasteiger partial charge in [-0.3, -0.25) is 4.79 Å². The molecule has 0 aromatic carbocycles. The Hall–Kier alpha value is -1.02. The lowest BCUT2D eigenvalue weighted by atomic mass is 10.2. The van der Waals surface area contributed by atoms with Crippen LogP contribution in [0, 0.1) is 0 Å². The molecule has 0 saturated carbocycles. The SMILES string of the molecule is CCOC(=O)C(O)(NC(=O)CCl)C(F)(F)F. The van der Waals surface area contributed by atoms with Crippen molar-refractivity contribution in [2.75, 3.05) is 12.5 Å². The van der Waals surface area contributed by atoms with E-state index in [0.29, 0.717) is 0 Å². The first-order valence-corrected chi connectivity index (χ1v) is 4.55. The Kier molecular flexibility index (Phi) is 5.01. The summed E-state index contributed by atoms with van der Waals surface area (Å²) in [5.74, 6) is -4.20. The van der Waals surface area contributed by atoms with Gasteiger partial charge < -0.3 is 15.2 Å². The number of rotatable bonds is 4. The number of amides is 1. The van der Waals surface area contributed by atoms with Crippen molar-refractivity contribution in [1.29, 1.82) is 0 Å². The molecule has 0 aliphatic heterocycles. The van der Waals surface area contributed by atoms with Gasteiger partial charge in [-0.25, -0.2) is 4.79 Å². The summed E-state index contributed by atoms with van der Waals surface area (Å²) in [6.07, 6.45) is -5.40. The minimum absolute atomic E-state index is 0.381. The molecule has 0 heterocycles. The van der Waals surface area contributed by atoms with E-state index in [1.165, 1.54) is 6.92 Å². The molecule has 0 aromatic heterocycles. The van der Waals surface area contributed by atoms with E-state index >= 15 is 0 Å². The summed E-state index contributed by atoms with van der Waals surface area (Å²) < 4.78 is 41.1. The molecule has 0 rings (SSSR count). The molecule has 2 N–H and O–H groups in total. The maximum Gasteiger partial charge on any atom is 0.448 e. The number of hydrogen-bond donors (Lipinski definition) is 2. The minimum atomic E-state index is -5.40. The fourth-order valence-corrected chi connectivity index (χ4v) is 0.775. The Labute approximate surface area is 93.5 Å². The van der Waals surface area contributed by atoms with Gasteiger partial charge in [-0.15, -0.1) is 11.6 Å². The molecule has 0 radical (unpaired) electrons. The monoisotopic (exact) mass is 263 g/mol. The van der Waals surface area contributed by atoms with Crippen molar-refractivity contribution < 1.29 is 32.6 Å². The van der Waals surface area contributed by atoms with Gasteiger partial charge in [0.25, 0.3) is 0 Å². The van der Waals surface area contributed by atoms with Crippen LogP contribution in [0.15, 0.2) is 0 Å². The Balaban J connectivity index is 5.04. The predicted octanol–water partition coefficient (Wildman–Crippen LogP) is 0.155. The molecule has 0 aliphatic rings. The lowest BCUT2D eigenvalue weighted by Crippen LogP contribution is -2.64. The number of alkyl halides is 4. The van der Waals surface area contributed by atoms with Crippen molar-refractivity contribution in [3.05, 3.63) is 0 Å². The van der Waals surface area contributed by atoms with E-state index in [4.69, 9.17) is 16.7 Å². The van der Waals surface area contributed by atoms with Crippen molar-refractivity contribution in [3.8, 4) is 0 Å². The molecular weight excluding hydrogens is 255 g/mol. The lowest BCUT2D eigenvalue weighted by molar-refractivity contribution is -0.271. The van der Waals surface area contributed by atoms with Crippen molar-refractivity contribution in [2.24, 2.45) is 0 Å². The standard InChI is InChI=1S/C7H9ClF3NO4/c1-2-16-5(14)6(15,7(9,10)11)12-4(13)3-8/h15H,2-3H2,1H3,(H,12,13). The highest BCUT2D eigenvalue weighted by atomic mass is 35.5. The highest BCUT2D eigenvalue weighted by Gasteiger charge is 2.62. The number of carbonyl (C=O) groups excluding carboxylic acids is 2. The third-order valence-electron chi connectivity index (χ3n) is 1.42. The third kappa shape index (κ3) is 3.24. The molecule has 0 saturated heterocycles. The van der Waals surface area contributed by atoms with E-state index < -0.39 is 29.7 Å². The van der Waals surface area contributed by atoms with Gasteiger partial charge in [0.15, 0.2) is 0 Å². The van der Waals surface area contributed by atoms with Gasteiger partial charge in [-0.1, -0.05) is 0 Å². The van der Waals surface area contributed by atoms with Crippen LogP contribution in [0.3, 0.4) is 0 Å². The number of halogens is 4. The number of hydrogen-bond acceptors (Lipinski definition) is 4. The number of aliphatic hydroxyl groups is 1. The van der Waals surface area contributed by atoms with Crippen LogP contribution in [0.1, 0.15) is 6.92 Å². The molecular formula is C7H9ClF3NO4. The Morgan fingerprint density at radius 2 is 1.94 bits per heavy atom. The second-order valence-electron chi connectivity index (χ2n) is 2.61. The van der Waals surface area contributed by atoms with Crippen LogP contribution in [0.25, 0.3) is 0 Å². The fourth-order valence-electron chi connectivity index (χ4n) is 0.708. The van der Waals surface area contributed by atoms with Gasteiger partial charge in [0.05, 0.1) is 6.61 Å². The van der Waals surface area contributed by atoms with E-state index in [9.17, 15) is 22.8 Å².